The van der Waals surface area contributed by atoms with Crippen LogP contribution in [0.5, 0.6) is 0 Å². The minimum absolute atomic E-state index is 0.133. The highest BCUT2D eigenvalue weighted by atomic mass is 16.6. The summed E-state index contributed by atoms with van der Waals surface area (Å²) in [5.41, 5.74) is 14.0. The number of rotatable bonds is 8. The third-order valence-corrected chi connectivity index (χ3v) is 6.67. The van der Waals surface area contributed by atoms with E-state index in [1.165, 1.54) is 23.2 Å². The number of ketones is 1. The molecule has 1 aliphatic carbocycles. The quantitative estimate of drug-likeness (QED) is 0.140. The van der Waals surface area contributed by atoms with E-state index in [1.54, 1.807) is 20.8 Å². The standard InChI is InChI=1S/C18H30N2O5.C7H8N4O/c1-17(2,3)25-15(22)11-20-10-13(12-7-5-4-6-8-12)18(20,16(23)24)14(21)9-19;8-6(9)5-2-1-4(3-11-5)7(10)12/h12-13H,4-11,19H2,1-3H3,(H,23,24);1-3H,(H3,8,9)(H2,10,12). The van der Waals surface area contributed by atoms with E-state index in [1.807, 2.05) is 0 Å². The lowest BCUT2D eigenvalue weighted by molar-refractivity contribution is -0.189. The molecule has 2 fully saturated rings. The van der Waals surface area contributed by atoms with Crippen LogP contribution in [0.1, 0.15) is 68.9 Å². The highest BCUT2D eigenvalue weighted by Gasteiger charge is 2.65. The predicted octanol–water partition coefficient (Wildman–Crippen LogP) is 0.656. The van der Waals surface area contributed by atoms with Crippen LogP contribution in [0.2, 0.25) is 0 Å². The molecule has 1 saturated heterocycles. The highest BCUT2D eigenvalue weighted by Crippen LogP contribution is 2.46. The van der Waals surface area contributed by atoms with E-state index < -0.39 is 34.8 Å². The van der Waals surface area contributed by atoms with Crippen molar-refractivity contribution >= 4 is 29.5 Å². The molecule has 3 rings (SSSR count). The van der Waals surface area contributed by atoms with Crippen molar-refractivity contribution in [1.29, 1.82) is 5.41 Å². The van der Waals surface area contributed by atoms with Crippen LogP contribution >= 0.6 is 0 Å². The summed E-state index contributed by atoms with van der Waals surface area (Å²) < 4.78 is 5.30. The van der Waals surface area contributed by atoms with Gasteiger partial charge >= 0.3 is 11.9 Å². The molecule has 12 heteroatoms. The van der Waals surface area contributed by atoms with Gasteiger partial charge < -0.3 is 27.0 Å². The second kappa shape index (κ2) is 12.2. The summed E-state index contributed by atoms with van der Waals surface area (Å²) in [5.74, 6) is -3.02. The zero-order chi connectivity index (χ0) is 28.0. The number of nitrogens with two attached hydrogens (primary N) is 3. The maximum absolute atomic E-state index is 12.6. The lowest BCUT2D eigenvalue weighted by atomic mass is 9.62. The number of hydrogen-bond acceptors (Lipinski definition) is 9. The molecule has 1 aromatic heterocycles. The fourth-order valence-corrected chi connectivity index (χ4v) is 5.03. The smallest absolute Gasteiger partial charge is 0.332 e. The third-order valence-electron chi connectivity index (χ3n) is 6.67. The molecule has 1 aromatic rings. The van der Waals surface area contributed by atoms with Crippen molar-refractivity contribution in [2.24, 2.45) is 29.0 Å². The Balaban J connectivity index is 0.000000335. The molecule has 0 bridgehead atoms. The summed E-state index contributed by atoms with van der Waals surface area (Å²) in [4.78, 5) is 52.7. The Labute approximate surface area is 216 Å². The van der Waals surface area contributed by atoms with E-state index in [-0.39, 0.29) is 30.8 Å². The number of carboxylic acid groups (broad SMARTS) is 1. The zero-order valence-electron chi connectivity index (χ0n) is 21.7. The molecule has 12 nitrogen and oxygen atoms in total. The number of nitrogens with zero attached hydrogens (tertiary/aromatic N) is 2. The number of amidine groups is 1. The van der Waals surface area contributed by atoms with Gasteiger partial charge in [0.1, 0.15) is 17.1 Å². The SMILES string of the molecule is CC(C)(C)OC(=O)CN1CC(C2CCCCC2)C1(C(=O)O)C(=O)CN.N=C(N)c1ccc(C(N)=O)cn1. The summed E-state index contributed by atoms with van der Waals surface area (Å²) in [6.45, 7) is 5.12. The van der Waals surface area contributed by atoms with Crippen LogP contribution in [0.4, 0.5) is 0 Å². The van der Waals surface area contributed by atoms with Crippen LogP contribution in [0.15, 0.2) is 18.3 Å². The first-order valence-corrected chi connectivity index (χ1v) is 12.3. The summed E-state index contributed by atoms with van der Waals surface area (Å²) in [6, 6.07) is 2.95. The van der Waals surface area contributed by atoms with Crippen molar-refractivity contribution in [1.82, 2.24) is 9.88 Å². The van der Waals surface area contributed by atoms with Gasteiger partial charge in [-0.25, -0.2) is 4.79 Å². The number of aliphatic carboxylic acids is 1. The number of pyridine rings is 1. The molecule has 8 N–H and O–H groups in total. The number of primary amides is 1. The second-order valence-corrected chi connectivity index (χ2v) is 10.4. The van der Waals surface area contributed by atoms with Gasteiger partial charge in [0, 0.05) is 18.7 Å². The average Bonchev–Trinajstić information content (AvgIpc) is 2.81. The number of ether oxygens (including phenoxy) is 1. The molecule has 2 atom stereocenters. The molecule has 1 amide bonds. The molecule has 0 aromatic carbocycles. The van der Waals surface area contributed by atoms with E-state index in [0.717, 1.165) is 32.1 Å². The molecule has 2 heterocycles. The van der Waals surface area contributed by atoms with E-state index in [9.17, 15) is 24.3 Å². The maximum Gasteiger partial charge on any atom is 0.332 e. The number of aromatic nitrogens is 1. The summed E-state index contributed by atoms with van der Waals surface area (Å²) in [7, 11) is 0. The number of Topliss-reactive ketones (excluding diaryl/α,β-unsaturated/α-hetero) is 1. The van der Waals surface area contributed by atoms with Gasteiger partial charge in [-0.2, -0.15) is 0 Å². The second-order valence-electron chi connectivity index (χ2n) is 10.4. The van der Waals surface area contributed by atoms with Gasteiger partial charge in [-0.3, -0.25) is 29.7 Å². The highest BCUT2D eigenvalue weighted by molar-refractivity contribution is 6.10. The Kier molecular flexibility index (Phi) is 9.87. The van der Waals surface area contributed by atoms with Crippen LogP contribution in [-0.2, 0) is 19.1 Å². The minimum Gasteiger partial charge on any atom is -0.480 e. The van der Waals surface area contributed by atoms with E-state index >= 15 is 0 Å². The minimum atomic E-state index is -1.69. The number of likely N-dealkylation sites (tertiary alicyclic amines) is 1. The molecule has 37 heavy (non-hydrogen) atoms. The van der Waals surface area contributed by atoms with E-state index in [4.69, 9.17) is 27.3 Å². The number of esters is 1. The number of amides is 1. The fraction of sp³-hybridized carbons (Fsp3) is 0.600. The lowest BCUT2D eigenvalue weighted by Crippen LogP contribution is -2.78. The molecule has 1 saturated carbocycles. The average molecular weight is 519 g/mol. The van der Waals surface area contributed by atoms with Crippen molar-refractivity contribution in [2.75, 3.05) is 19.6 Å². The Morgan fingerprint density at radius 1 is 1.16 bits per heavy atom. The Hall–Kier alpha value is -3.38. The van der Waals surface area contributed by atoms with Crippen LogP contribution in [0.3, 0.4) is 0 Å². The van der Waals surface area contributed by atoms with Crippen molar-refractivity contribution in [2.45, 2.75) is 64.0 Å². The fourth-order valence-electron chi connectivity index (χ4n) is 5.03. The Morgan fingerprint density at radius 3 is 2.22 bits per heavy atom. The first-order chi connectivity index (χ1) is 17.2. The van der Waals surface area contributed by atoms with Gasteiger partial charge in [0.15, 0.2) is 11.3 Å². The van der Waals surface area contributed by atoms with Crippen molar-refractivity contribution in [3.63, 3.8) is 0 Å². The van der Waals surface area contributed by atoms with Gasteiger partial charge in [0.2, 0.25) is 5.91 Å². The first-order valence-electron chi connectivity index (χ1n) is 12.3. The number of carbonyl (C=O) groups is 4. The number of hydrogen-bond donors (Lipinski definition) is 5. The first kappa shape index (κ1) is 29.8. The lowest BCUT2D eigenvalue weighted by Gasteiger charge is -2.57. The van der Waals surface area contributed by atoms with Crippen LogP contribution in [-0.4, -0.2) is 75.2 Å². The number of carboxylic acids is 1. The Morgan fingerprint density at radius 2 is 1.78 bits per heavy atom. The maximum atomic E-state index is 12.6. The zero-order valence-corrected chi connectivity index (χ0v) is 21.7. The number of nitrogens with one attached hydrogen (secondary N) is 1. The van der Waals surface area contributed by atoms with Gasteiger partial charge in [0.05, 0.1) is 18.7 Å². The van der Waals surface area contributed by atoms with Crippen LogP contribution in [0, 0.1) is 17.2 Å². The molecule has 2 unspecified atom stereocenters. The largest absolute Gasteiger partial charge is 0.480 e. The monoisotopic (exact) mass is 518 g/mol. The summed E-state index contributed by atoms with van der Waals surface area (Å²) in [6.07, 6.45) is 6.41. The molecular formula is C25H38N6O6. The third kappa shape index (κ3) is 7.10. The van der Waals surface area contributed by atoms with Crippen LogP contribution < -0.4 is 17.2 Å². The molecule has 0 radical (unpaired) electrons. The van der Waals surface area contributed by atoms with Gasteiger partial charge in [-0.1, -0.05) is 32.1 Å². The van der Waals surface area contributed by atoms with Gasteiger partial charge in [-0.15, -0.1) is 0 Å². The van der Waals surface area contributed by atoms with Crippen molar-refractivity contribution < 1.29 is 29.0 Å². The summed E-state index contributed by atoms with van der Waals surface area (Å²) >= 11 is 0. The molecule has 0 spiro atoms. The molecule has 204 valence electrons. The number of nitrogen functional groups attached to an aromatic ring is 1. The summed E-state index contributed by atoms with van der Waals surface area (Å²) in [5, 5.41) is 16.9. The van der Waals surface area contributed by atoms with Crippen LogP contribution in [0.25, 0.3) is 0 Å². The predicted molar refractivity (Wildman–Crippen MR) is 136 cm³/mol. The normalized spacial score (nSPS) is 22.1. The number of carbonyl (C=O) groups excluding carboxylic acids is 3. The molecule has 1 aliphatic heterocycles. The topological polar surface area (TPSA) is 216 Å². The Bertz CT molecular complexity index is 982. The van der Waals surface area contributed by atoms with Crippen molar-refractivity contribution in [3.05, 3.63) is 29.6 Å². The van der Waals surface area contributed by atoms with E-state index in [2.05, 4.69) is 4.98 Å². The van der Waals surface area contributed by atoms with Gasteiger partial charge in [-0.05, 0) is 38.8 Å². The molecule has 2 aliphatic rings. The van der Waals surface area contributed by atoms with E-state index in [0.29, 0.717) is 17.8 Å². The van der Waals surface area contributed by atoms with Gasteiger partial charge in [0.25, 0.3) is 0 Å². The van der Waals surface area contributed by atoms with Crippen molar-refractivity contribution in [3.8, 4) is 0 Å². The molecular weight excluding hydrogens is 480 g/mol.